The standard InChI is InChI=1S/C74H126O6/c1-4-7-10-13-16-19-22-24-26-28-30-32-33-34-35-36-37-38-39-40-41-43-44-46-48-50-52-55-58-61-64-67-73(76)79-70-71(69-78-72(75)66-63-60-57-54-21-18-15-12-9-6-3)80-74(77)68-65-62-59-56-53-51-49-47-45-42-31-29-27-25-23-20-17-14-11-8-5-2/h7,10,12,15-16,19,24,26,30,32,34-35,37-38,40-41,44,46,71H,4-6,8-9,11,13-14,17-18,20-23,25,27-29,31,33,36,39,42-43,45,47-70H2,1-3H3/b10-7-,15-12-,19-16-,26-24-,32-30-,35-34-,38-37-,41-40-,46-44-. The van der Waals surface area contributed by atoms with Crippen molar-refractivity contribution in [3.8, 4) is 0 Å². The maximum absolute atomic E-state index is 12.9. The van der Waals surface area contributed by atoms with Gasteiger partial charge < -0.3 is 14.2 Å². The molecule has 0 amide bonds. The predicted octanol–water partition coefficient (Wildman–Crippen LogP) is 23.4. The number of unbranched alkanes of at least 4 members (excludes halogenated alkanes) is 32. The zero-order valence-corrected chi connectivity index (χ0v) is 52.6. The normalized spacial score (nSPS) is 12.8. The van der Waals surface area contributed by atoms with Gasteiger partial charge in [-0.3, -0.25) is 14.4 Å². The topological polar surface area (TPSA) is 78.9 Å². The van der Waals surface area contributed by atoms with Crippen LogP contribution in [0.15, 0.2) is 109 Å². The Bertz CT molecular complexity index is 1610. The summed E-state index contributed by atoms with van der Waals surface area (Å²) in [5, 5.41) is 0. The molecule has 0 aliphatic carbocycles. The lowest BCUT2D eigenvalue weighted by Gasteiger charge is -2.18. The van der Waals surface area contributed by atoms with Crippen LogP contribution in [0.5, 0.6) is 0 Å². The van der Waals surface area contributed by atoms with Crippen molar-refractivity contribution in [1.29, 1.82) is 0 Å². The van der Waals surface area contributed by atoms with Gasteiger partial charge in [0.15, 0.2) is 6.10 Å². The minimum atomic E-state index is -0.788. The molecule has 0 aliphatic rings. The molecule has 458 valence electrons. The molecule has 6 nitrogen and oxygen atoms in total. The van der Waals surface area contributed by atoms with Gasteiger partial charge >= 0.3 is 17.9 Å². The van der Waals surface area contributed by atoms with E-state index < -0.39 is 6.10 Å². The quantitative estimate of drug-likeness (QED) is 0.0261. The van der Waals surface area contributed by atoms with Gasteiger partial charge in [-0.1, -0.05) is 310 Å². The van der Waals surface area contributed by atoms with E-state index >= 15 is 0 Å². The Morgan fingerprint density at radius 3 is 0.825 bits per heavy atom. The molecule has 1 unspecified atom stereocenters. The summed E-state index contributed by atoms with van der Waals surface area (Å²) in [6, 6.07) is 0. The molecule has 0 aromatic heterocycles. The molecule has 0 N–H and O–H groups in total. The van der Waals surface area contributed by atoms with E-state index in [0.717, 1.165) is 135 Å². The zero-order valence-electron chi connectivity index (χ0n) is 52.6. The third-order valence-electron chi connectivity index (χ3n) is 14.5. The maximum atomic E-state index is 12.9. The van der Waals surface area contributed by atoms with Crippen LogP contribution in [0.4, 0.5) is 0 Å². The highest BCUT2D eigenvalue weighted by Crippen LogP contribution is 2.17. The van der Waals surface area contributed by atoms with Crippen molar-refractivity contribution in [2.45, 2.75) is 329 Å². The number of allylic oxidation sites excluding steroid dienone is 18. The molecular weight excluding hydrogens is 985 g/mol. The van der Waals surface area contributed by atoms with Gasteiger partial charge in [-0.15, -0.1) is 0 Å². The first-order chi connectivity index (χ1) is 39.5. The van der Waals surface area contributed by atoms with E-state index in [1.807, 2.05) is 0 Å². The van der Waals surface area contributed by atoms with Gasteiger partial charge in [0.2, 0.25) is 0 Å². The maximum Gasteiger partial charge on any atom is 0.306 e. The minimum absolute atomic E-state index is 0.0851. The van der Waals surface area contributed by atoms with Crippen LogP contribution < -0.4 is 0 Å². The molecule has 80 heavy (non-hydrogen) atoms. The fourth-order valence-electron chi connectivity index (χ4n) is 9.46. The van der Waals surface area contributed by atoms with Crippen LogP contribution in [0.25, 0.3) is 0 Å². The van der Waals surface area contributed by atoms with Gasteiger partial charge in [-0.2, -0.15) is 0 Å². The van der Waals surface area contributed by atoms with E-state index in [1.165, 1.54) is 148 Å². The third kappa shape index (κ3) is 64.9. The highest BCUT2D eigenvalue weighted by Gasteiger charge is 2.19. The lowest BCUT2D eigenvalue weighted by molar-refractivity contribution is -0.167. The third-order valence-corrected chi connectivity index (χ3v) is 14.5. The van der Waals surface area contributed by atoms with Crippen LogP contribution in [0, 0.1) is 0 Å². The van der Waals surface area contributed by atoms with Crippen molar-refractivity contribution >= 4 is 17.9 Å². The second-order valence-corrected chi connectivity index (χ2v) is 22.4. The number of hydrogen-bond donors (Lipinski definition) is 0. The molecule has 0 aromatic carbocycles. The molecule has 0 radical (unpaired) electrons. The fraction of sp³-hybridized carbons (Fsp3) is 0.716. The Morgan fingerprint density at radius 2 is 0.512 bits per heavy atom. The summed E-state index contributed by atoms with van der Waals surface area (Å²) >= 11 is 0. The molecule has 0 rings (SSSR count). The monoisotopic (exact) mass is 1110 g/mol. The minimum Gasteiger partial charge on any atom is -0.462 e. The predicted molar refractivity (Wildman–Crippen MR) is 348 cm³/mol. The van der Waals surface area contributed by atoms with Gasteiger partial charge in [0.05, 0.1) is 0 Å². The molecule has 0 heterocycles. The van der Waals surface area contributed by atoms with Crippen molar-refractivity contribution in [2.75, 3.05) is 13.2 Å². The van der Waals surface area contributed by atoms with Gasteiger partial charge in [0.25, 0.3) is 0 Å². The van der Waals surface area contributed by atoms with Crippen LogP contribution in [0.2, 0.25) is 0 Å². The summed E-state index contributed by atoms with van der Waals surface area (Å²) in [5.74, 6) is -0.899. The molecule has 0 aromatic rings. The molecule has 1 atom stereocenters. The van der Waals surface area contributed by atoms with Crippen LogP contribution >= 0.6 is 0 Å². The summed E-state index contributed by atoms with van der Waals surface area (Å²) in [6.07, 6.45) is 92.6. The van der Waals surface area contributed by atoms with Crippen LogP contribution in [-0.4, -0.2) is 37.2 Å². The van der Waals surface area contributed by atoms with Crippen LogP contribution in [0.1, 0.15) is 323 Å². The Kier molecular flexibility index (Phi) is 64.3. The van der Waals surface area contributed by atoms with E-state index in [-0.39, 0.29) is 31.1 Å². The molecule has 0 saturated carbocycles. The number of rotatable bonds is 61. The molecular formula is C74H126O6. The van der Waals surface area contributed by atoms with Crippen LogP contribution in [0.3, 0.4) is 0 Å². The molecule has 0 fully saturated rings. The number of carbonyl (C=O) groups is 3. The Balaban J connectivity index is 4.25. The zero-order chi connectivity index (χ0) is 57.8. The molecule has 6 heteroatoms. The highest BCUT2D eigenvalue weighted by molar-refractivity contribution is 5.71. The first-order valence-corrected chi connectivity index (χ1v) is 33.9. The Labute approximate surface area is 495 Å². The second-order valence-electron chi connectivity index (χ2n) is 22.4. The van der Waals surface area contributed by atoms with Crippen molar-refractivity contribution in [2.24, 2.45) is 0 Å². The molecule has 0 saturated heterocycles. The fourth-order valence-corrected chi connectivity index (χ4v) is 9.46. The van der Waals surface area contributed by atoms with Gasteiger partial charge in [-0.05, 0) is 103 Å². The number of ether oxygens (including phenoxy) is 3. The Hall–Kier alpha value is -3.93. The van der Waals surface area contributed by atoms with E-state index in [1.54, 1.807) is 0 Å². The van der Waals surface area contributed by atoms with E-state index in [2.05, 4.69) is 130 Å². The molecule has 0 aliphatic heterocycles. The lowest BCUT2D eigenvalue weighted by Crippen LogP contribution is -2.30. The summed E-state index contributed by atoms with van der Waals surface area (Å²) in [6.45, 7) is 6.48. The van der Waals surface area contributed by atoms with Gasteiger partial charge in [0, 0.05) is 19.3 Å². The van der Waals surface area contributed by atoms with Crippen molar-refractivity contribution in [3.63, 3.8) is 0 Å². The first-order valence-electron chi connectivity index (χ1n) is 33.9. The number of carbonyl (C=O) groups excluding carboxylic acids is 3. The largest absolute Gasteiger partial charge is 0.462 e. The van der Waals surface area contributed by atoms with Crippen LogP contribution in [-0.2, 0) is 28.6 Å². The average molecular weight is 1110 g/mol. The van der Waals surface area contributed by atoms with Crippen molar-refractivity contribution in [3.05, 3.63) is 109 Å². The van der Waals surface area contributed by atoms with Gasteiger partial charge in [0.1, 0.15) is 13.2 Å². The summed E-state index contributed by atoms with van der Waals surface area (Å²) in [4.78, 5) is 38.3. The first kappa shape index (κ1) is 76.1. The van der Waals surface area contributed by atoms with E-state index in [4.69, 9.17) is 14.2 Å². The average Bonchev–Trinajstić information content (AvgIpc) is 3.46. The lowest BCUT2D eigenvalue weighted by atomic mass is 10.0. The summed E-state index contributed by atoms with van der Waals surface area (Å²) in [5.41, 5.74) is 0. The summed E-state index contributed by atoms with van der Waals surface area (Å²) in [7, 11) is 0. The second kappa shape index (κ2) is 67.6. The Morgan fingerprint density at radius 1 is 0.263 bits per heavy atom. The highest BCUT2D eigenvalue weighted by atomic mass is 16.6. The number of hydrogen-bond acceptors (Lipinski definition) is 6. The number of esters is 3. The molecule has 0 bridgehead atoms. The van der Waals surface area contributed by atoms with Crippen molar-refractivity contribution in [1.82, 2.24) is 0 Å². The van der Waals surface area contributed by atoms with Gasteiger partial charge in [-0.25, -0.2) is 0 Å². The van der Waals surface area contributed by atoms with Crippen molar-refractivity contribution < 1.29 is 28.6 Å². The van der Waals surface area contributed by atoms with E-state index in [0.29, 0.717) is 19.3 Å². The smallest absolute Gasteiger partial charge is 0.306 e. The molecule has 0 spiro atoms. The summed E-state index contributed by atoms with van der Waals surface area (Å²) < 4.78 is 16.9. The van der Waals surface area contributed by atoms with E-state index in [9.17, 15) is 14.4 Å². The SMILES string of the molecule is CC/C=C\C/C=C\C/C=C\C/C=C\C/C=C\C/C=C\C/C=C\C/C=C\CCCCCCCCC(=O)OCC(COC(=O)CCCCCCC/C=C\CCC)OC(=O)CCCCCCCCCCCCCCCCCCCCCCC.